The molecular formula is C12H17FeO4-. The summed E-state index contributed by atoms with van der Waals surface area (Å²) in [6.07, 6.45) is 9.97. The van der Waals surface area contributed by atoms with Gasteiger partial charge in [0.15, 0.2) is 0 Å². The summed E-state index contributed by atoms with van der Waals surface area (Å²) in [5.74, 6) is -0.0687. The molecule has 0 N–H and O–H groups in total. The van der Waals surface area contributed by atoms with E-state index in [1.807, 2.05) is 39.4 Å². The normalized spacial score (nSPS) is 6.88. The first-order valence-electron chi connectivity index (χ1n) is 3.97. The van der Waals surface area contributed by atoms with E-state index in [0.717, 1.165) is 0 Å². The molecule has 4 nitrogen and oxygen atoms in total. The molecule has 0 amide bonds. The van der Waals surface area contributed by atoms with Gasteiger partial charge in [-0.25, -0.2) is 0 Å². The predicted molar refractivity (Wildman–Crippen MR) is 64.8 cm³/mol. The first kappa shape index (κ1) is 29.5. The fourth-order valence-corrected chi connectivity index (χ4v) is 0.394. The zero-order valence-electron chi connectivity index (χ0n) is 9.78. The van der Waals surface area contributed by atoms with Gasteiger partial charge in [-0.15, -0.1) is 18.6 Å². The van der Waals surface area contributed by atoms with Crippen LogP contribution >= 0.6 is 0 Å². The van der Waals surface area contributed by atoms with Crippen LogP contribution in [0.5, 0.6) is 0 Å². The third kappa shape index (κ3) is 54.6. The Kier molecular flexibility index (Phi) is 82.4. The number of carbonyl (C=O) groups excluding carboxylic acids is 4. The molecule has 0 aliphatic carbocycles. The molecule has 0 aromatic rings. The van der Waals surface area contributed by atoms with Gasteiger partial charge in [0.1, 0.15) is 20.4 Å². The minimum atomic E-state index is -0.0687. The van der Waals surface area contributed by atoms with Gasteiger partial charge in [0.25, 0.3) is 0 Å². The van der Waals surface area contributed by atoms with E-state index in [1.165, 1.54) is 12.5 Å². The van der Waals surface area contributed by atoms with E-state index < -0.39 is 0 Å². The molecule has 0 aromatic carbocycles. The van der Waals surface area contributed by atoms with E-state index in [1.54, 1.807) is 12.2 Å². The second kappa shape index (κ2) is 47.5. The third-order valence-corrected chi connectivity index (χ3v) is 0.876. The summed E-state index contributed by atoms with van der Waals surface area (Å²) in [4.78, 5) is 34.5. The Hall–Kier alpha value is -1.71. The largest absolute Gasteiger partial charge is 0.319 e. The van der Waals surface area contributed by atoms with Gasteiger partial charge in [0.2, 0.25) is 0 Å². The Morgan fingerprint density at radius 2 is 1.41 bits per heavy atom. The van der Waals surface area contributed by atoms with Gasteiger partial charge in [0.05, 0.1) is 5.78 Å². The Labute approximate surface area is 113 Å². The van der Waals surface area contributed by atoms with Gasteiger partial charge in [-0.3, -0.25) is 0 Å². The third-order valence-electron chi connectivity index (χ3n) is 0.876. The standard InChI is InChI=1S/C9H11O.3CH2O.Fe/c1-3-5-6-7-8-9(10)4-2;3*1-2;/h3-8H,2H2,1H3;3*1H2;/q-1;;;;. The van der Waals surface area contributed by atoms with Crippen LogP contribution in [0.25, 0.3) is 0 Å². The SMILES string of the molecule is C=CC(=O)[CH-]C=CC=CC.C=O.C=O.C=O.[Fe]. The van der Waals surface area contributed by atoms with Crippen LogP contribution in [0.1, 0.15) is 6.92 Å². The second-order valence-corrected chi connectivity index (χ2v) is 1.68. The minimum Gasteiger partial charge on any atom is -0.319 e. The molecule has 0 radical (unpaired) electrons. The van der Waals surface area contributed by atoms with Crippen molar-refractivity contribution < 1.29 is 36.2 Å². The Morgan fingerprint density at radius 1 is 1.00 bits per heavy atom. The van der Waals surface area contributed by atoms with Crippen LogP contribution in [0, 0.1) is 6.42 Å². The first-order valence-corrected chi connectivity index (χ1v) is 3.97. The quantitative estimate of drug-likeness (QED) is 0.339. The molecule has 0 saturated heterocycles. The van der Waals surface area contributed by atoms with Crippen molar-refractivity contribution in [1.82, 2.24) is 0 Å². The van der Waals surface area contributed by atoms with Crippen molar-refractivity contribution in [2.45, 2.75) is 6.92 Å². The van der Waals surface area contributed by atoms with E-state index in [-0.39, 0.29) is 22.9 Å². The van der Waals surface area contributed by atoms with Crippen molar-refractivity contribution in [1.29, 1.82) is 0 Å². The van der Waals surface area contributed by atoms with Crippen molar-refractivity contribution in [3.05, 3.63) is 43.4 Å². The van der Waals surface area contributed by atoms with Gasteiger partial charge in [0, 0.05) is 17.1 Å². The van der Waals surface area contributed by atoms with E-state index >= 15 is 0 Å². The average molecular weight is 281 g/mol. The summed E-state index contributed by atoms with van der Waals surface area (Å²) in [6.45, 7) is 11.2. The van der Waals surface area contributed by atoms with Gasteiger partial charge in [-0.1, -0.05) is 6.08 Å². The number of hydrogen-bond donors (Lipinski definition) is 0. The van der Waals surface area contributed by atoms with Crippen molar-refractivity contribution in [2.75, 3.05) is 0 Å². The molecule has 5 heteroatoms. The molecule has 0 bridgehead atoms. The van der Waals surface area contributed by atoms with E-state index in [9.17, 15) is 4.79 Å². The molecule has 0 fully saturated rings. The number of ketones is 1. The molecule has 0 aliphatic rings. The van der Waals surface area contributed by atoms with Gasteiger partial charge in [-0.2, -0.15) is 18.7 Å². The first-order chi connectivity index (χ1) is 7.81. The molecule has 0 spiro atoms. The van der Waals surface area contributed by atoms with Crippen LogP contribution in [-0.2, 0) is 36.2 Å². The van der Waals surface area contributed by atoms with Crippen molar-refractivity contribution in [3.63, 3.8) is 0 Å². The molecule has 98 valence electrons. The Morgan fingerprint density at radius 3 is 1.71 bits per heavy atom. The average Bonchev–Trinajstić information content (AvgIpc) is 2.41. The van der Waals surface area contributed by atoms with Crippen molar-refractivity contribution in [3.8, 4) is 0 Å². The molecule has 0 atom stereocenters. The summed E-state index contributed by atoms with van der Waals surface area (Å²) in [5, 5.41) is 0. The van der Waals surface area contributed by atoms with E-state index in [4.69, 9.17) is 14.4 Å². The summed E-state index contributed by atoms with van der Waals surface area (Å²) in [5.41, 5.74) is 0. The van der Waals surface area contributed by atoms with Crippen LogP contribution in [0.15, 0.2) is 37.0 Å². The van der Waals surface area contributed by atoms with Crippen LogP contribution in [0.4, 0.5) is 0 Å². The number of carbonyl (C=O) groups is 4. The van der Waals surface area contributed by atoms with Crippen LogP contribution in [0.2, 0.25) is 0 Å². The second-order valence-electron chi connectivity index (χ2n) is 1.68. The molecule has 0 aromatic heterocycles. The zero-order chi connectivity index (χ0) is 13.8. The number of rotatable bonds is 4. The smallest absolute Gasteiger partial charge is 0.106 e. The Bertz CT molecular complexity index is 208. The van der Waals surface area contributed by atoms with E-state index in [2.05, 4.69) is 6.58 Å². The van der Waals surface area contributed by atoms with Gasteiger partial charge >= 0.3 is 0 Å². The maximum atomic E-state index is 10.5. The number of hydrogen-bond acceptors (Lipinski definition) is 4. The molecular weight excluding hydrogens is 264 g/mol. The summed E-state index contributed by atoms with van der Waals surface area (Å²) in [6, 6.07) is 0. The van der Waals surface area contributed by atoms with Crippen molar-refractivity contribution >= 4 is 26.2 Å². The zero-order valence-corrected chi connectivity index (χ0v) is 10.9. The minimum absolute atomic E-state index is 0. The molecule has 0 saturated carbocycles. The number of allylic oxidation sites excluding steroid dienone is 5. The molecule has 0 rings (SSSR count). The summed E-state index contributed by atoms with van der Waals surface area (Å²) >= 11 is 0. The monoisotopic (exact) mass is 281 g/mol. The fraction of sp³-hybridized carbons (Fsp3) is 0.0833. The van der Waals surface area contributed by atoms with Crippen LogP contribution in [-0.4, -0.2) is 26.2 Å². The molecule has 0 unspecified atom stereocenters. The molecule has 0 heterocycles. The maximum Gasteiger partial charge on any atom is 0.106 e. The summed E-state index contributed by atoms with van der Waals surface area (Å²) in [7, 11) is 0. The molecule has 17 heavy (non-hydrogen) atoms. The van der Waals surface area contributed by atoms with Crippen LogP contribution in [0.3, 0.4) is 0 Å². The van der Waals surface area contributed by atoms with Crippen LogP contribution < -0.4 is 0 Å². The topological polar surface area (TPSA) is 68.3 Å². The summed E-state index contributed by atoms with van der Waals surface area (Å²) < 4.78 is 0. The van der Waals surface area contributed by atoms with E-state index in [0.29, 0.717) is 0 Å². The van der Waals surface area contributed by atoms with Gasteiger partial charge in [-0.05, 0) is 6.92 Å². The van der Waals surface area contributed by atoms with Crippen molar-refractivity contribution in [2.24, 2.45) is 0 Å². The predicted octanol–water partition coefficient (Wildman–Crippen LogP) is 1.52. The fourth-order valence-electron chi connectivity index (χ4n) is 0.394. The van der Waals surface area contributed by atoms with Gasteiger partial charge < -0.3 is 19.2 Å². The maximum absolute atomic E-state index is 10.5. The Balaban J connectivity index is -0.0000000594. The molecule has 0 aliphatic heterocycles.